The third kappa shape index (κ3) is 6.21. The first-order valence-electron chi connectivity index (χ1n) is 6.74. The lowest BCUT2D eigenvalue weighted by Crippen LogP contribution is -2.39. The lowest BCUT2D eigenvalue weighted by atomic mass is 10.2. The molecule has 1 fully saturated rings. The maximum Gasteiger partial charge on any atom is 0.407 e. The standard InChI is InChI=1S/C13H26N2O3/c1-13(2,3)18-12(17)15-11-6-5-10(9-11)14-7-4-8-16/h10-11,14,16H,4-9H2,1-3H3,(H,15,17). The molecule has 1 aliphatic rings. The van der Waals surface area contributed by atoms with Gasteiger partial charge < -0.3 is 20.5 Å². The molecule has 1 amide bonds. The number of aliphatic hydroxyl groups excluding tert-OH is 1. The summed E-state index contributed by atoms with van der Waals surface area (Å²) in [6, 6.07) is 0.642. The lowest BCUT2D eigenvalue weighted by molar-refractivity contribution is 0.0505. The van der Waals surface area contributed by atoms with E-state index in [1.165, 1.54) is 0 Å². The summed E-state index contributed by atoms with van der Waals surface area (Å²) < 4.78 is 5.23. The Labute approximate surface area is 109 Å². The first-order chi connectivity index (χ1) is 8.40. The molecule has 106 valence electrons. The number of aliphatic hydroxyl groups is 1. The van der Waals surface area contributed by atoms with E-state index in [0.29, 0.717) is 6.04 Å². The molecule has 0 radical (unpaired) electrons. The average Bonchev–Trinajstić information content (AvgIpc) is 2.63. The fraction of sp³-hybridized carbons (Fsp3) is 0.923. The molecule has 3 N–H and O–H groups in total. The molecule has 0 aromatic rings. The zero-order valence-corrected chi connectivity index (χ0v) is 11.7. The van der Waals surface area contributed by atoms with E-state index in [4.69, 9.17) is 9.84 Å². The minimum Gasteiger partial charge on any atom is -0.444 e. The van der Waals surface area contributed by atoms with Gasteiger partial charge in [0, 0.05) is 18.7 Å². The topological polar surface area (TPSA) is 70.6 Å². The Bertz CT molecular complexity index is 263. The fourth-order valence-corrected chi connectivity index (χ4v) is 2.16. The van der Waals surface area contributed by atoms with E-state index < -0.39 is 5.60 Å². The lowest BCUT2D eigenvalue weighted by Gasteiger charge is -2.21. The third-order valence-corrected chi connectivity index (χ3v) is 2.92. The number of nitrogens with one attached hydrogen (secondary N) is 2. The number of hydrogen-bond donors (Lipinski definition) is 3. The van der Waals surface area contributed by atoms with Gasteiger partial charge in [0.1, 0.15) is 5.60 Å². The number of rotatable bonds is 5. The summed E-state index contributed by atoms with van der Waals surface area (Å²) in [6.45, 7) is 6.64. The van der Waals surface area contributed by atoms with E-state index in [2.05, 4.69) is 10.6 Å². The first-order valence-corrected chi connectivity index (χ1v) is 6.74. The summed E-state index contributed by atoms with van der Waals surface area (Å²) in [5.41, 5.74) is -0.443. The molecular formula is C13H26N2O3. The van der Waals surface area contributed by atoms with Crippen LogP contribution in [0, 0.1) is 0 Å². The highest BCUT2D eigenvalue weighted by Gasteiger charge is 2.27. The summed E-state index contributed by atoms with van der Waals surface area (Å²) in [7, 11) is 0. The molecule has 1 aliphatic carbocycles. The van der Waals surface area contributed by atoms with Crippen molar-refractivity contribution in [1.29, 1.82) is 0 Å². The second-order valence-corrected chi connectivity index (χ2v) is 5.88. The van der Waals surface area contributed by atoms with E-state index in [1.54, 1.807) is 0 Å². The van der Waals surface area contributed by atoms with Crippen molar-refractivity contribution in [3.63, 3.8) is 0 Å². The fourth-order valence-electron chi connectivity index (χ4n) is 2.16. The van der Waals surface area contributed by atoms with Gasteiger partial charge in [-0.2, -0.15) is 0 Å². The van der Waals surface area contributed by atoms with Crippen LogP contribution in [0.25, 0.3) is 0 Å². The van der Waals surface area contributed by atoms with Gasteiger partial charge >= 0.3 is 6.09 Å². The molecule has 5 heteroatoms. The molecule has 0 heterocycles. The monoisotopic (exact) mass is 258 g/mol. The average molecular weight is 258 g/mol. The molecule has 0 aliphatic heterocycles. The SMILES string of the molecule is CC(C)(C)OC(=O)NC1CCC(NCCCO)C1. The Morgan fingerprint density at radius 1 is 1.33 bits per heavy atom. The van der Waals surface area contributed by atoms with Crippen LogP contribution in [0.15, 0.2) is 0 Å². The summed E-state index contributed by atoms with van der Waals surface area (Å²) >= 11 is 0. The van der Waals surface area contributed by atoms with Gasteiger partial charge in [-0.3, -0.25) is 0 Å². The van der Waals surface area contributed by atoms with Crippen LogP contribution in [0.1, 0.15) is 46.5 Å². The van der Waals surface area contributed by atoms with Crippen LogP contribution in [0.3, 0.4) is 0 Å². The van der Waals surface area contributed by atoms with Crippen LogP contribution in [0.2, 0.25) is 0 Å². The Morgan fingerprint density at radius 2 is 2.00 bits per heavy atom. The molecule has 2 unspecified atom stereocenters. The largest absolute Gasteiger partial charge is 0.444 e. The second kappa shape index (κ2) is 6.95. The molecule has 18 heavy (non-hydrogen) atoms. The van der Waals surface area contributed by atoms with Gasteiger partial charge in [-0.25, -0.2) is 4.79 Å². The second-order valence-electron chi connectivity index (χ2n) is 5.88. The molecule has 0 spiro atoms. The number of ether oxygens (including phenoxy) is 1. The van der Waals surface area contributed by atoms with Gasteiger partial charge in [0.25, 0.3) is 0 Å². The zero-order chi connectivity index (χ0) is 13.6. The van der Waals surface area contributed by atoms with Crippen molar-refractivity contribution < 1.29 is 14.6 Å². The summed E-state index contributed by atoms with van der Waals surface area (Å²) in [4.78, 5) is 11.6. The maximum absolute atomic E-state index is 11.6. The van der Waals surface area contributed by atoms with Crippen molar-refractivity contribution >= 4 is 6.09 Å². The van der Waals surface area contributed by atoms with Gasteiger partial charge in [-0.1, -0.05) is 0 Å². The Hall–Kier alpha value is -0.810. The minimum absolute atomic E-state index is 0.200. The number of amides is 1. The van der Waals surface area contributed by atoms with Crippen molar-refractivity contribution in [2.45, 2.75) is 64.1 Å². The number of alkyl carbamates (subject to hydrolysis) is 1. The molecular weight excluding hydrogens is 232 g/mol. The molecule has 5 nitrogen and oxygen atoms in total. The van der Waals surface area contributed by atoms with E-state index in [9.17, 15) is 4.79 Å². The Kier molecular flexibility index (Phi) is 5.88. The molecule has 1 rings (SSSR count). The minimum atomic E-state index is -0.443. The van der Waals surface area contributed by atoms with Crippen molar-refractivity contribution in [2.75, 3.05) is 13.2 Å². The van der Waals surface area contributed by atoms with Crippen molar-refractivity contribution in [2.24, 2.45) is 0 Å². The number of hydrogen-bond acceptors (Lipinski definition) is 4. The molecule has 0 aromatic carbocycles. The third-order valence-electron chi connectivity index (χ3n) is 2.92. The first kappa shape index (κ1) is 15.2. The predicted molar refractivity (Wildman–Crippen MR) is 70.5 cm³/mol. The van der Waals surface area contributed by atoms with Crippen LogP contribution >= 0.6 is 0 Å². The maximum atomic E-state index is 11.6. The smallest absolute Gasteiger partial charge is 0.407 e. The predicted octanol–water partition coefficient (Wildman–Crippen LogP) is 1.40. The molecule has 2 atom stereocenters. The summed E-state index contributed by atoms with van der Waals surface area (Å²) in [6.07, 6.45) is 3.43. The van der Waals surface area contributed by atoms with Gasteiger partial charge in [0.2, 0.25) is 0 Å². The summed E-state index contributed by atoms with van der Waals surface area (Å²) in [5.74, 6) is 0. The zero-order valence-electron chi connectivity index (χ0n) is 11.7. The highest BCUT2D eigenvalue weighted by Crippen LogP contribution is 2.19. The van der Waals surface area contributed by atoms with E-state index in [1.807, 2.05) is 20.8 Å². The van der Waals surface area contributed by atoms with Crippen molar-refractivity contribution in [3.05, 3.63) is 0 Å². The Balaban J connectivity index is 2.19. The van der Waals surface area contributed by atoms with E-state index in [-0.39, 0.29) is 18.7 Å². The van der Waals surface area contributed by atoms with Crippen LogP contribution in [-0.2, 0) is 4.74 Å². The van der Waals surface area contributed by atoms with Crippen LogP contribution < -0.4 is 10.6 Å². The Morgan fingerprint density at radius 3 is 2.61 bits per heavy atom. The molecule has 0 saturated heterocycles. The highest BCUT2D eigenvalue weighted by atomic mass is 16.6. The number of carbonyl (C=O) groups is 1. The van der Waals surface area contributed by atoms with Crippen molar-refractivity contribution in [3.8, 4) is 0 Å². The van der Waals surface area contributed by atoms with Crippen molar-refractivity contribution in [1.82, 2.24) is 10.6 Å². The number of carbonyl (C=O) groups excluding carboxylic acids is 1. The van der Waals surface area contributed by atoms with Gasteiger partial charge in [-0.15, -0.1) is 0 Å². The van der Waals surface area contributed by atoms with Crippen LogP contribution in [0.5, 0.6) is 0 Å². The molecule has 0 bridgehead atoms. The van der Waals surface area contributed by atoms with E-state index >= 15 is 0 Å². The molecule has 0 aromatic heterocycles. The normalized spacial score (nSPS) is 24.0. The van der Waals surface area contributed by atoms with E-state index in [0.717, 1.165) is 32.2 Å². The van der Waals surface area contributed by atoms with Crippen LogP contribution in [0.4, 0.5) is 4.79 Å². The quantitative estimate of drug-likeness (QED) is 0.652. The van der Waals surface area contributed by atoms with Gasteiger partial charge in [0.05, 0.1) is 0 Å². The van der Waals surface area contributed by atoms with Gasteiger partial charge in [-0.05, 0) is 53.0 Å². The molecule has 1 saturated carbocycles. The highest BCUT2D eigenvalue weighted by molar-refractivity contribution is 5.68. The van der Waals surface area contributed by atoms with Crippen LogP contribution in [-0.4, -0.2) is 42.0 Å². The van der Waals surface area contributed by atoms with Gasteiger partial charge in [0.15, 0.2) is 0 Å². The summed E-state index contributed by atoms with van der Waals surface area (Å²) in [5, 5.41) is 15.0.